The Morgan fingerprint density at radius 2 is 1.18 bits per heavy atom. The molecule has 5 heterocycles. The zero-order valence-corrected chi connectivity index (χ0v) is 23.9. The molecule has 5 heteroatoms. The zero-order chi connectivity index (χ0) is 29.0. The zero-order valence-electron chi connectivity index (χ0n) is 23.9. The molecule has 0 unspecified atom stereocenters. The summed E-state index contributed by atoms with van der Waals surface area (Å²) in [5.41, 5.74) is 12.7. The van der Waals surface area contributed by atoms with Crippen molar-refractivity contribution in [2.24, 2.45) is 0 Å². The first kappa shape index (κ1) is 22.6. The molecule has 0 atom stereocenters. The van der Waals surface area contributed by atoms with E-state index in [9.17, 15) is 0 Å². The maximum Gasteiger partial charge on any atom is 0.258 e. The predicted molar refractivity (Wildman–Crippen MR) is 185 cm³/mol. The van der Waals surface area contributed by atoms with Crippen molar-refractivity contribution in [3.8, 4) is 17.2 Å². The number of hydrogen-bond donors (Lipinski definition) is 0. The van der Waals surface area contributed by atoms with E-state index in [2.05, 4.69) is 137 Å². The molecule has 0 aliphatic carbocycles. The number of anilines is 3. The van der Waals surface area contributed by atoms with Gasteiger partial charge < -0.3 is 18.6 Å². The van der Waals surface area contributed by atoms with Gasteiger partial charge in [-0.15, -0.1) is 0 Å². The third-order valence-electron chi connectivity index (χ3n) is 10.3. The molecule has 7 aromatic carbocycles. The lowest BCUT2D eigenvalue weighted by Crippen LogP contribution is -2.60. The van der Waals surface area contributed by atoms with Crippen LogP contribution in [0, 0.1) is 0 Å². The van der Waals surface area contributed by atoms with Gasteiger partial charge in [0.05, 0.1) is 11.0 Å². The number of furan rings is 1. The third kappa shape index (κ3) is 2.56. The number of nitrogens with zero attached hydrogens (tertiary/aromatic N) is 2. The molecule has 0 spiro atoms. The normalized spacial score (nSPS) is 13.9. The van der Waals surface area contributed by atoms with Crippen LogP contribution in [-0.2, 0) is 0 Å². The van der Waals surface area contributed by atoms with Gasteiger partial charge in [-0.3, -0.25) is 0 Å². The number of fused-ring (bicyclic) bond motifs is 3. The molecule has 0 N–H and O–H groups in total. The predicted octanol–water partition coefficient (Wildman–Crippen LogP) is 8.55. The van der Waals surface area contributed by atoms with Crippen LogP contribution in [-0.4, -0.2) is 11.3 Å². The Labute approximate surface area is 257 Å². The van der Waals surface area contributed by atoms with Crippen LogP contribution in [0.25, 0.3) is 60.2 Å². The van der Waals surface area contributed by atoms with E-state index in [0.717, 1.165) is 39.7 Å². The Bertz CT molecular complexity index is 2770. The van der Waals surface area contributed by atoms with Gasteiger partial charge in [0, 0.05) is 44.3 Å². The second-order valence-corrected chi connectivity index (χ2v) is 12.4. The maximum atomic E-state index is 6.70. The van der Waals surface area contributed by atoms with Crippen molar-refractivity contribution in [1.29, 1.82) is 0 Å². The van der Waals surface area contributed by atoms with E-state index in [1.54, 1.807) is 0 Å². The number of hydrogen-bond acceptors (Lipinski definition) is 3. The van der Waals surface area contributed by atoms with Gasteiger partial charge in [0.1, 0.15) is 22.7 Å². The highest BCUT2D eigenvalue weighted by Crippen LogP contribution is 2.47. The van der Waals surface area contributed by atoms with E-state index >= 15 is 0 Å². The second kappa shape index (κ2) is 7.58. The first-order valence-corrected chi connectivity index (χ1v) is 15.5. The molecule has 9 aromatic rings. The molecule has 0 amide bonds. The first-order chi connectivity index (χ1) is 22.3. The Morgan fingerprint density at radius 3 is 2.04 bits per heavy atom. The average Bonchev–Trinajstić information content (AvgIpc) is 3.64. The summed E-state index contributed by atoms with van der Waals surface area (Å²) in [6, 6.07) is 45.9. The molecule has 0 fully saturated rings. The first-order valence-electron chi connectivity index (χ1n) is 15.5. The molecular formula is C40H21BN2O2. The number of aromatic nitrogens is 1. The average molecular weight is 572 g/mol. The summed E-state index contributed by atoms with van der Waals surface area (Å²) in [5, 5.41) is 7.47. The summed E-state index contributed by atoms with van der Waals surface area (Å²) in [7, 11) is 0. The molecule has 0 saturated carbocycles. The van der Waals surface area contributed by atoms with Crippen LogP contribution < -0.4 is 26.0 Å². The fraction of sp³-hybridized carbons (Fsp3) is 0. The third-order valence-corrected chi connectivity index (χ3v) is 10.3. The Kier molecular flexibility index (Phi) is 3.80. The van der Waals surface area contributed by atoms with E-state index < -0.39 is 0 Å². The minimum atomic E-state index is 0.0785. The summed E-state index contributed by atoms with van der Waals surface area (Å²) in [5.74, 6) is 1.86. The van der Waals surface area contributed by atoms with Gasteiger partial charge in [0.25, 0.3) is 6.71 Å². The number of benzene rings is 7. The van der Waals surface area contributed by atoms with Crippen LogP contribution in [0.15, 0.2) is 132 Å². The summed E-state index contributed by atoms with van der Waals surface area (Å²) in [4.78, 5) is 2.44. The van der Waals surface area contributed by atoms with E-state index in [0.29, 0.717) is 0 Å². The molecule has 0 radical (unpaired) electrons. The van der Waals surface area contributed by atoms with Crippen molar-refractivity contribution in [1.82, 2.24) is 4.57 Å². The Balaban J connectivity index is 1.19. The minimum Gasteiger partial charge on any atom is -0.458 e. The molecule has 3 aliphatic rings. The van der Waals surface area contributed by atoms with Crippen LogP contribution >= 0.6 is 0 Å². The SMILES string of the molecule is c1cc(N2c3cccc4c3B3c5c2ccc2ccc6oc7ccc(c3c7c6c52)O4)cc(-n2c3ccccc3c3ccccc32)c1. The maximum absolute atomic E-state index is 6.70. The topological polar surface area (TPSA) is 30.5 Å². The summed E-state index contributed by atoms with van der Waals surface area (Å²) >= 11 is 0. The number of rotatable bonds is 2. The minimum absolute atomic E-state index is 0.0785. The van der Waals surface area contributed by atoms with Crippen molar-refractivity contribution in [2.75, 3.05) is 4.90 Å². The lowest BCUT2D eigenvalue weighted by Gasteiger charge is -2.41. The molecule has 206 valence electrons. The quantitative estimate of drug-likeness (QED) is 0.195. The lowest BCUT2D eigenvalue weighted by molar-refractivity contribution is 0.488. The van der Waals surface area contributed by atoms with Crippen molar-refractivity contribution in [2.45, 2.75) is 0 Å². The Morgan fingerprint density at radius 1 is 0.489 bits per heavy atom. The summed E-state index contributed by atoms with van der Waals surface area (Å²) in [6.45, 7) is 0.0785. The van der Waals surface area contributed by atoms with Gasteiger partial charge in [-0.25, -0.2) is 0 Å². The highest BCUT2D eigenvalue weighted by atomic mass is 16.5. The number of ether oxygens (including phenoxy) is 1. The molecule has 0 saturated heterocycles. The van der Waals surface area contributed by atoms with Crippen molar-refractivity contribution < 1.29 is 9.15 Å². The molecule has 3 aliphatic heterocycles. The molecule has 0 bridgehead atoms. The highest BCUT2D eigenvalue weighted by Gasteiger charge is 2.46. The standard InChI is InChI=1S/C40H21BN2O2/c1-3-11-27-25(9-1)26-10-2-4-12-28(26)42(27)23-7-5-8-24(21-23)43-29-13-6-14-33-38(29)41-39-30(43)17-15-22-16-18-31-36(35(22)39)37-32(44-31)19-20-34(45-33)40(37)41/h1-21H. The lowest BCUT2D eigenvalue weighted by atomic mass is 9.32. The molecule has 2 aromatic heterocycles. The Hall–Kier alpha value is -5.94. The van der Waals surface area contributed by atoms with Crippen molar-refractivity contribution in [3.63, 3.8) is 0 Å². The van der Waals surface area contributed by atoms with Crippen molar-refractivity contribution >= 4 is 94.7 Å². The highest BCUT2D eigenvalue weighted by molar-refractivity contribution is 7.03. The van der Waals surface area contributed by atoms with Crippen LogP contribution in [0.2, 0.25) is 0 Å². The van der Waals surface area contributed by atoms with Gasteiger partial charge in [0.15, 0.2) is 0 Å². The van der Waals surface area contributed by atoms with Crippen LogP contribution in [0.1, 0.15) is 0 Å². The van der Waals surface area contributed by atoms with Gasteiger partial charge in [-0.2, -0.15) is 0 Å². The monoisotopic (exact) mass is 572 g/mol. The van der Waals surface area contributed by atoms with Gasteiger partial charge >= 0.3 is 0 Å². The summed E-state index contributed by atoms with van der Waals surface area (Å²) in [6.07, 6.45) is 0. The molecular weight excluding hydrogens is 551 g/mol. The van der Waals surface area contributed by atoms with E-state index in [1.165, 1.54) is 65.4 Å². The van der Waals surface area contributed by atoms with Gasteiger partial charge in [-0.1, -0.05) is 60.7 Å². The molecule has 12 rings (SSSR count). The van der Waals surface area contributed by atoms with Crippen LogP contribution in [0.3, 0.4) is 0 Å². The fourth-order valence-electron chi connectivity index (χ4n) is 8.69. The van der Waals surface area contributed by atoms with Gasteiger partial charge in [0.2, 0.25) is 0 Å². The largest absolute Gasteiger partial charge is 0.458 e. The summed E-state index contributed by atoms with van der Waals surface area (Å²) < 4.78 is 15.6. The van der Waals surface area contributed by atoms with Gasteiger partial charge in [-0.05, 0) is 93.9 Å². The van der Waals surface area contributed by atoms with Crippen LogP contribution in [0.4, 0.5) is 17.1 Å². The molecule has 4 nitrogen and oxygen atoms in total. The van der Waals surface area contributed by atoms with E-state index in [1.807, 2.05) is 0 Å². The number of para-hydroxylation sites is 2. The van der Waals surface area contributed by atoms with E-state index in [-0.39, 0.29) is 6.71 Å². The van der Waals surface area contributed by atoms with Crippen molar-refractivity contribution in [3.05, 3.63) is 127 Å². The fourth-order valence-corrected chi connectivity index (χ4v) is 8.69. The van der Waals surface area contributed by atoms with Crippen LogP contribution in [0.5, 0.6) is 11.5 Å². The second-order valence-electron chi connectivity index (χ2n) is 12.4. The molecule has 45 heavy (non-hydrogen) atoms. The smallest absolute Gasteiger partial charge is 0.258 e. The van der Waals surface area contributed by atoms with E-state index in [4.69, 9.17) is 9.15 Å².